The topological polar surface area (TPSA) is 114 Å². The van der Waals surface area contributed by atoms with Gasteiger partial charge in [0.1, 0.15) is 17.7 Å². The number of hydrogen-bond donors (Lipinski definition) is 2. The maximum Gasteiger partial charge on any atom is 0.244 e. The van der Waals surface area contributed by atoms with Crippen molar-refractivity contribution in [3.05, 3.63) is 139 Å². The Labute approximate surface area is 331 Å². The maximum atomic E-state index is 14.1. The molecule has 3 heterocycles. The van der Waals surface area contributed by atoms with E-state index in [9.17, 15) is 9.59 Å². The number of carbonyl (C=O) groups is 2. The van der Waals surface area contributed by atoms with E-state index >= 15 is 0 Å². The molecule has 3 aromatic carbocycles. The zero-order valence-corrected chi connectivity index (χ0v) is 33.1. The number of nitrogens with one attached hydrogen (secondary N) is 2. The molecule has 0 radical (unpaired) electrons. The van der Waals surface area contributed by atoms with Crippen LogP contribution in [0.1, 0.15) is 75.8 Å². The summed E-state index contributed by atoms with van der Waals surface area (Å²) in [7, 11) is 0. The molecule has 0 unspecified atom stereocenters. The highest BCUT2D eigenvalue weighted by atomic mass is 16.2. The van der Waals surface area contributed by atoms with Gasteiger partial charge in [0, 0.05) is 31.9 Å². The molecule has 2 amide bonds. The SMILES string of the molecule is CCCN(Cc1ncc(-c2ccc(-c3ccc(-c4cnc(CN(CCC)C(=O)[C@@H](c5ccccc5)N(CC)CC)[nH]4)cc3)cc2)[nH]1)C(=O)CCc1ccncc1. The van der Waals surface area contributed by atoms with Crippen LogP contribution in [0.2, 0.25) is 0 Å². The summed E-state index contributed by atoms with van der Waals surface area (Å²) in [6.07, 6.45) is 10.1. The van der Waals surface area contributed by atoms with E-state index in [2.05, 4.69) is 101 Å². The number of aryl methyl sites for hydroxylation is 1. The molecule has 10 nitrogen and oxygen atoms in total. The highest BCUT2D eigenvalue weighted by Gasteiger charge is 2.30. The molecule has 6 rings (SSSR count). The number of aromatic amines is 2. The molecular formula is C46H54N8O2. The lowest BCUT2D eigenvalue weighted by Crippen LogP contribution is -2.43. The normalized spacial score (nSPS) is 11.8. The molecule has 3 aromatic heterocycles. The van der Waals surface area contributed by atoms with E-state index in [1.807, 2.05) is 64.7 Å². The molecule has 0 saturated heterocycles. The fraction of sp³-hybridized carbons (Fsp3) is 0.326. The number of H-pyrrole nitrogens is 2. The van der Waals surface area contributed by atoms with Crippen LogP contribution in [0.15, 0.2) is 116 Å². The zero-order chi connectivity index (χ0) is 39.3. The number of amides is 2. The molecular weight excluding hydrogens is 697 g/mol. The van der Waals surface area contributed by atoms with Gasteiger partial charge in [-0.3, -0.25) is 19.5 Å². The van der Waals surface area contributed by atoms with Crippen molar-refractivity contribution in [2.45, 2.75) is 72.5 Å². The lowest BCUT2D eigenvalue weighted by atomic mass is 10.0. The number of nitrogens with zero attached hydrogens (tertiary/aromatic N) is 6. The number of imidazole rings is 2. The summed E-state index contributed by atoms with van der Waals surface area (Å²) < 4.78 is 0. The molecule has 0 bridgehead atoms. The number of pyridine rings is 1. The second-order valence-electron chi connectivity index (χ2n) is 14.1. The molecule has 0 aliphatic carbocycles. The Bertz CT molecular complexity index is 2110. The predicted molar refractivity (Wildman–Crippen MR) is 223 cm³/mol. The average molecular weight is 751 g/mol. The van der Waals surface area contributed by atoms with Gasteiger partial charge in [0.15, 0.2) is 0 Å². The van der Waals surface area contributed by atoms with Gasteiger partial charge in [0.2, 0.25) is 11.8 Å². The fourth-order valence-electron chi connectivity index (χ4n) is 7.19. The predicted octanol–water partition coefficient (Wildman–Crippen LogP) is 8.72. The van der Waals surface area contributed by atoms with Crippen LogP contribution in [0.5, 0.6) is 0 Å². The quantitative estimate of drug-likeness (QED) is 0.0857. The average Bonchev–Trinajstić information content (AvgIpc) is 3.92. The number of rotatable bonds is 19. The van der Waals surface area contributed by atoms with E-state index in [-0.39, 0.29) is 17.9 Å². The largest absolute Gasteiger partial charge is 0.341 e. The first-order valence-corrected chi connectivity index (χ1v) is 19.9. The van der Waals surface area contributed by atoms with E-state index in [4.69, 9.17) is 4.98 Å². The number of carbonyl (C=O) groups excluding carboxylic acids is 2. The molecule has 0 fully saturated rings. The summed E-state index contributed by atoms with van der Waals surface area (Å²) in [5, 5.41) is 0. The van der Waals surface area contributed by atoms with Gasteiger partial charge in [-0.25, -0.2) is 9.97 Å². The Kier molecular flexibility index (Phi) is 14.0. The zero-order valence-electron chi connectivity index (χ0n) is 33.1. The summed E-state index contributed by atoms with van der Waals surface area (Å²) in [6.45, 7) is 12.2. The lowest BCUT2D eigenvalue weighted by Gasteiger charge is -2.33. The first-order chi connectivity index (χ1) is 27.4. The third-order valence-electron chi connectivity index (χ3n) is 10.2. The summed E-state index contributed by atoms with van der Waals surface area (Å²) in [6, 6.07) is 30.5. The molecule has 56 heavy (non-hydrogen) atoms. The summed E-state index contributed by atoms with van der Waals surface area (Å²) in [4.78, 5) is 53.5. The Balaban J connectivity index is 1.08. The third-order valence-corrected chi connectivity index (χ3v) is 10.2. The molecule has 290 valence electrons. The van der Waals surface area contributed by atoms with Crippen molar-refractivity contribution in [1.29, 1.82) is 0 Å². The van der Waals surface area contributed by atoms with Crippen LogP contribution in [0.4, 0.5) is 0 Å². The molecule has 0 aliphatic heterocycles. The van der Waals surface area contributed by atoms with Crippen molar-refractivity contribution in [2.24, 2.45) is 0 Å². The Morgan fingerprint density at radius 1 is 0.625 bits per heavy atom. The number of likely N-dealkylation sites (N-methyl/N-ethyl adjacent to an activating group) is 1. The maximum absolute atomic E-state index is 14.1. The van der Waals surface area contributed by atoms with Gasteiger partial charge in [-0.2, -0.15) is 0 Å². The van der Waals surface area contributed by atoms with Crippen LogP contribution in [-0.2, 0) is 29.1 Å². The van der Waals surface area contributed by atoms with Gasteiger partial charge < -0.3 is 19.8 Å². The van der Waals surface area contributed by atoms with E-state index in [0.717, 1.165) is 82.3 Å². The van der Waals surface area contributed by atoms with E-state index in [0.29, 0.717) is 39.0 Å². The minimum absolute atomic E-state index is 0.0988. The van der Waals surface area contributed by atoms with Crippen molar-refractivity contribution in [3.8, 4) is 33.6 Å². The first kappa shape index (κ1) is 39.8. The van der Waals surface area contributed by atoms with Crippen LogP contribution in [0.3, 0.4) is 0 Å². The van der Waals surface area contributed by atoms with Gasteiger partial charge in [-0.15, -0.1) is 0 Å². The minimum atomic E-state index is -0.335. The minimum Gasteiger partial charge on any atom is -0.341 e. The van der Waals surface area contributed by atoms with Crippen molar-refractivity contribution in [2.75, 3.05) is 26.2 Å². The van der Waals surface area contributed by atoms with Crippen LogP contribution in [0, 0.1) is 0 Å². The Morgan fingerprint density at radius 3 is 1.64 bits per heavy atom. The Morgan fingerprint density at radius 2 is 1.12 bits per heavy atom. The molecule has 6 aromatic rings. The molecule has 1 atom stereocenters. The molecule has 0 aliphatic rings. The number of hydrogen-bond acceptors (Lipinski definition) is 6. The lowest BCUT2D eigenvalue weighted by molar-refractivity contribution is -0.138. The summed E-state index contributed by atoms with van der Waals surface area (Å²) >= 11 is 0. The molecule has 2 N–H and O–H groups in total. The van der Waals surface area contributed by atoms with Crippen LogP contribution >= 0.6 is 0 Å². The number of aromatic nitrogens is 5. The summed E-state index contributed by atoms with van der Waals surface area (Å²) in [5.41, 5.74) is 8.23. The summed E-state index contributed by atoms with van der Waals surface area (Å²) in [5.74, 6) is 1.76. The van der Waals surface area contributed by atoms with Gasteiger partial charge in [0.25, 0.3) is 0 Å². The highest BCUT2D eigenvalue weighted by Crippen LogP contribution is 2.28. The van der Waals surface area contributed by atoms with Gasteiger partial charge in [-0.05, 0) is 77.9 Å². The van der Waals surface area contributed by atoms with Crippen molar-refractivity contribution >= 4 is 11.8 Å². The van der Waals surface area contributed by atoms with Gasteiger partial charge >= 0.3 is 0 Å². The van der Waals surface area contributed by atoms with E-state index in [1.54, 1.807) is 12.4 Å². The van der Waals surface area contributed by atoms with Crippen LogP contribution in [0.25, 0.3) is 33.6 Å². The van der Waals surface area contributed by atoms with Crippen LogP contribution < -0.4 is 0 Å². The van der Waals surface area contributed by atoms with E-state index in [1.165, 1.54) is 0 Å². The van der Waals surface area contributed by atoms with Crippen LogP contribution in [-0.4, -0.2) is 77.6 Å². The molecule has 0 spiro atoms. The number of benzene rings is 3. The van der Waals surface area contributed by atoms with Crippen molar-refractivity contribution in [3.63, 3.8) is 0 Å². The van der Waals surface area contributed by atoms with Gasteiger partial charge in [-0.1, -0.05) is 107 Å². The highest BCUT2D eigenvalue weighted by molar-refractivity contribution is 5.83. The molecule has 10 heteroatoms. The standard InChI is InChI=1S/C46H54N8O2/c1-5-28-53(44(55)23-14-34-24-26-47-27-25-34)32-42-48-30-40(50-42)37-19-15-35(16-20-37)36-17-21-38(22-18-36)41-31-49-43(51-41)33-54(29-6-2)46(56)45(52(7-3)8-4)39-12-10-9-11-13-39/h9-13,15-22,24-27,30-31,45H,5-8,14,23,28-29,32-33H2,1-4H3,(H,48,50)(H,49,51)/t45-/m1/s1. The smallest absolute Gasteiger partial charge is 0.244 e. The first-order valence-electron chi connectivity index (χ1n) is 19.9. The second-order valence-corrected chi connectivity index (χ2v) is 14.1. The van der Waals surface area contributed by atoms with E-state index < -0.39 is 0 Å². The van der Waals surface area contributed by atoms with Gasteiger partial charge in [0.05, 0.1) is 36.9 Å². The Hall–Kier alpha value is -5.87. The molecule has 0 saturated carbocycles. The second kappa shape index (κ2) is 19.6. The monoisotopic (exact) mass is 750 g/mol. The third kappa shape index (κ3) is 10.1. The van der Waals surface area contributed by atoms with Crippen molar-refractivity contribution < 1.29 is 9.59 Å². The van der Waals surface area contributed by atoms with Crippen molar-refractivity contribution in [1.82, 2.24) is 39.6 Å². The fourth-order valence-corrected chi connectivity index (χ4v) is 7.19.